The number of benzene rings is 1. The summed E-state index contributed by atoms with van der Waals surface area (Å²) in [5, 5.41) is 1.49. The van der Waals surface area contributed by atoms with Gasteiger partial charge in [0.15, 0.2) is 5.79 Å². The van der Waals surface area contributed by atoms with Crippen LogP contribution in [0.3, 0.4) is 0 Å². The van der Waals surface area contributed by atoms with Gasteiger partial charge < -0.3 is 25.5 Å². The van der Waals surface area contributed by atoms with E-state index in [0.29, 0.717) is 22.6 Å². The molecule has 2 saturated carbocycles. The Morgan fingerprint density at radius 1 is 1.11 bits per heavy atom. The van der Waals surface area contributed by atoms with Crippen molar-refractivity contribution in [3.8, 4) is 0 Å². The van der Waals surface area contributed by atoms with Gasteiger partial charge in [-0.3, -0.25) is 0 Å². The summed E-state index contributed by atoms with van der Waals surface area (Å²) in [6.07, 6.45) is 6.16. The van der Waals surface area contributed by atoms with Gasteiger partial charge in [0, 0.05) is 23.9 Å². The molecule has 2 aliphatic carbocycles. The third kappa shape index (κ3) is 3.42. The molecule has 1 saturated heterocycles. The van der Waals surface area contributed by atoms with Crippen molar-refractivity contribution in [3.05, 3.63) is 54.0 Å². The summed E-state index contributed by atoms with van der Waals surface area (Å²) in [6, 6.07) is 9.29. The summed E-state index contributed by atoms with van der Waals surface area (Å²) in [6.45, 7) is 4.77. The maximum absolute atomic E-state index is 13.9. The van der Waals surface area contributed by atoms with Gasteiger partial charge in [0.25, 0.3) is 5.92 Å². The Kier molecular flexibility index (Phi) is 4.75. The van der Waals surface area contributed by atoms with Crippen LogP contribution in [0, 0.1) is 11.3 Å². The van der Waals surface area contributed by atoms with E-state index >= 15 is 0 Å². The molecule has 38 heavy (non-hydrogen) atoms. The lowest BCUT2D eigenvalue weighted by molar-refractivity contribution is -0.161. The molecule has 198 valence electrons. The van der Waals surface area contributed by atoms with E-state index in [4.69, 9.17) is 20.9 Å². The molecule has 10 heteroatoms. The first-order valence-electron chi connectivity index (χ1n) is 13.0. The summed E-state index contributed by atoms with van der Waals surface area (Å²) < 4.78 is 43.0. The average molecular weight is 521 g/mol. The second-order valence-electron chi connectivity index (χ2n) is 11.6. The number of pyridine rings is 1. The molecule has 3 fully saturated rings. The molecule has 3 aromatic heterocycles. The molecule has 3 aliphatic rings. The minimum absolute atomic E-state index is 0.0200. The highest BCUT2D eigenvalue weighted by molar-refractivity contribution is 5.86. The van der Waals surface area contributed by atoms with Gasteiger partial charge >= 0.3 is 0 Å². The summed E-state index contributed by atoms with van der Waals surface area (Å²) in [7, 11) is 0. The Hall–Kier alpha value is -3.37. The fourth-order valence-corrected chi connectivity index (χ4v) is 6.98. The van der Waals surface area contributed by atoms with Crippen molar-refractivity contribution in [2.75, 3.05) is 11.5 Å². The first-order valence-corrected chi connectivity index (χ1v) is 13.0. The zero-order chi connectivity index (χ0) is 26.6. The number of hydrogen-bond acceptors (Lipinski definition) is 7. The minimum Gasteiger partial charge on any atom is -0.383 e. The number of halogens is 2. The van der Waals surface area contributed by atoms with E-state index in [9.17, 15) is 8.78 Å². The van der Waals surface area contributed by atoms with Crippen molar-refractivity contribution in [1.82, 2.24) is 19.5 Å². The summed E-state index contributed by atoms with van der Waals surface area (Å²) in [5.74, 6) is -3.00. The number of aryl methyl sites for hydroxylation is 1. The highest BCUT2D eigenvalue weighted by Gasteiger charge is 2.75. The number of alkyl halides is 2. The van der Waals surface area contributed by atoms with E-state index in [-0.39, 0.29) is 35.0 Å². The third-order valence-corrected chi connectivity index (χ3v) is 8.75. The molecule has 0 unspecified atom stereocenters. The van der Waals surface area contributed by atoms with Crippen LogP contribution in [0.4, 0.5) is 20.4 Å². The van der Waals surface area contributed by atoms with Crippen LogP contribution in [0.2, 0.25) is 0 Å². The van der Waals surface area contributed by atoms with Crippen molar-refractivity contribution >= 4 is 33.6 Å². The lowest BCUT2D eigenvalue weighted by Crippen LogP contribution is -2.32. The summed E-state index contributed by atoms with van der Waals surface area (Å²) in [5.41, 5.74) is 14.2. The predicted molar refractivity (Wildman–Crippen MR) is 139 cm³/mol. The van der Waals surface area contributed by atoms with Crippen LogP contribution in [-0.4, -0.2) is 37.5 Å². The van der Waals surface area contributed by atoms with Gasteiger partial charge in [-0.15, -0.1) is 0 Å². The lowest BCUT2D eigenvalue weighted by Gasteiger charge is -2.24. The Balaban J connectivity index is 1.19. The van der Waals surface area contributed by atoms with Crippen LogP contribution < -0.4 is 11.5 Å². The van der Waals surface area contributed by atoms with Gasteiger partial charge in [0.1, 0.15) is 29.7 Å². The molecular formula is C28H30F2N6O2. The van der Waals surface area contributed by atoms with Crippen LogP contribution in [0.5, 0.6) is 0 Å². The molecule has 4 aromatic rings. The molecule has 0 bridgehead atoms. The van der Waals surface area contributed by atoms with Gasteiger partial charge in [0.05, 0.1) is 28.6 Å². The molecule has 1 aromatic carbocycles. The fraction of sp³-hybridized carbons (Fsp3) is 0.464. The van der Waals surface area contributed by atoms with Gasteiger partial charge in [-0.1, -0.05) is 12.1 Å². The number of nitrogens with zero attached hydrogens (tertiary/aromatic N) is 4. The van der Waals surface area contributed by atoms with Gasteiger partial charge in [-0.2, -0.15) is 0 Å². The van der Waals surface area contributed by atoms with Crippen LogP contribution in [0.15, 0.2) is 42.9 Å². The number of hydrogen-bond donors (Lipinski definition) is 2. The van der Waals surface area contributed by atoms with E-state index in [1.54, 1.807) is 0 Å². The maximum Gasteiger partial charge on any atom is 0.274 e. The minimum atomic E-state index is -3.04. The zero-order valence-corrected chi connectivity index (χ0v) is 21.5. The number of ether oxygens (including phenoxy) is 2. The van der Waals surface area contributed by atoms with E-state index in [2.05, 4.69) is 19.5 Å². The van der Waals surface area contributed by atoms with Gasteiger partial charge in [-0.25, -0.2) is 23.7 Å². The van der Waals surface area contributed by atoms with Crippen molar-refractivity contribution < 1.29 is 18.3 Å². The number of rotatable bonds is 5. The monoisotopic (exact) mass is 520 g/mol. The highest BCUT2D eigenvalue weighted by atomic mass is 19.3. The molecule has 4 heterocycles. The predicted octanol–water partition coefficient (Wildman–Crippen LogP) is 4.97. The Morgan fingerprint density at radius 2 is 1.92 bits per heavy atom. The summed E-state index contributed by atoms with van der Waals surface area (Å²) in [4.78, 5) is 13.0. The first-order chi connectivity index (χ1) is 18.0. The SMILES string of the molecule is CC1(C)O[C@H]2[C@H](n3ccc4c(N)ncnc43)[C@H]3C[C@]3(CCc3ccc4cc(C(C)(F)F)c(N)nc4c3)[C@H]2O1. The molecule has 4 N–H and O–H groups in total. The van der Waals surface area contributed by atoms with E-state index < -0.39 is 11.7 Å². The number of anilines is 2. The van der Waals surface area contributed by atoms with Gasteiger partial charge in [0.2, 0.25) is 0 Å². The lowest BCUT2D eigenvalue weighted by atomic mass is 9.91. The smallest absolute Gasteiger partial charge is 0.274 e. The van der Waals surface area contributed by atoms with Crippen LogP contribution in [0.25, 0.3) is 21.9 Å². The second-order valence-corrected chi connectivity index (χ2v) is 11.6. The molecule has 0 spiro atoms. The molecule has 0 radical (unpaired) electrons. The topological polar surface area (TPSA) is 114 Å². The van der Waals surface area contributed by atoms with Crippen molar-refractivity contribution in [2.45, 2.75) is 70.0 Å². The normalized spacial score (nSPS) is 29.6. The van der Waals surface area contributed by atoms with E-state index in [1.165, 1.54) is 12.4 Å². The van der Waals surface area contributed by atoms with Crippen molar-refractivity contribution in [1.29, 1.82) is 0 Å². The number of aromatic nitrogens is 4. The van der Waals surface area contributed by atoms with Crippen molar-refractivity contribution in [3.63, 3.8) is 0 Å². The molecular weight excluding hydrogens is 490 g/mol. The van der Waals surface area contributed by atoms with E-state index in [0.717, 1.165) is 42.8 Å². The molecule has 1 aliphatic heterocycles. The van der Waals surface area contributed by atoms with Crippen molar-refractivity contribution in [2.24, 2.45) is 11.3 Å². The zero-order valence-electron chi connectivity index (χ0n) is 21.5. The van der Waals surface area contributed by atoms with Gasteiger partial charge in [-0.05, 0) is 62.8 Å². The van der Waals surface area contributed by atoms with E-state index in [1.807, 2.05) is 44.3 Å². The van der Waals surface area contributed by atoms with Crippen LogP contribution in [0.1, 0.15) is 50.8 Å². The Morgan fingerprint density at radius 3 is 2.71 bits per heavy atom. The third-order valence-electron chi connectivity index (χ3n) is 8.75. The fourth-order valence-electron chi connectivity index (χ4n) is 6.98. The molecule has 5 atom stereocenters. The summed E-state index contributed by atoms with van der Waals surface area (Å²) >= 11 is 0. The molecule has 7 rings (SSSR count). The largest absolute Gasteiger partial charge is 0.383 e. The standard InChI is InChI=1S/C28H30F2N6O2/c1-26(2)37-21-20(36-9-7-16-23(31)33-13-34-25(16)36)18-12-28(18,22(21)38-26)8-6-14-4-5-15-11-17(27(3,29)30)24(32)35-19(15)10-14/h4-5,7,9-11,13,18,20-22H,6,8,12H2,1-3H3,(H2,32,35)(H2,31,33,34)/t18-,20-,21+,22+,28+/m1/s1. The maximum atomic E-state index is 13.9. The first kappa shape index (κ1) is 23.7. The second kappa shape index (κ2) is 7.60. The van der Waals surface area contributed by atoms with Crippen LogP contribution in [-0.2, 0) is 21.8 Å². The Bertz CT molecular complexity index is 1600. The number of nitrogens with two attached hydrogens (primary N) is 2. The highest BCUT2D eigenvalue weighted by Crippen LogP contribution is 2.73. The number of fused-ring (bicyclic) bond motifs is 5. The number of nitrogen functional groups attached to an aromatic ring is 2. The quantitative estimate of drug-likeness (QED) is 0.382. The average Bonchev–Trinajstić information content (AvgIpc) is 3.09. The molecule has 0 amide bonds. The van der Waals surface area contributed by atoms with Crippen LogP contribution >= 0.6 is 0 Å². The molecule has 8 nitrogen and oxygen atoms in total. The Labute approximate surface area is 218 Å².